The van der Waals surface area contributed by atoms with E-state index >= 15 is 0 Å². The molecule has 0 aliphatic rings. The molecule has 0 radical (unpaired) electrons. The summed E-state index contributed by atoms with van der Waals surface area (Å²) in [6, 6.07) is -0.710. The van der Waals surface area contributed by atoms with E-state index < -0.39 is 24.2 Å². The van der Waals surface area contributed by atoms with Gasteiger partial charge in [0, 0.05) is 0 Å². The highest BCUT2D eigenvalue weighted by Crippen LogP contribution is 2.16. The minimum atomic E-state index is -1.08. The number of carbonyl (C=O) groups is 1. The second kappa shape index (κ2) is 37.9. The number of hydrogen-bond donors (Lipinski definition) is 4. The van der Waals surface area contributed by atoms with Crippen LogP contribution in [0.15, 0.2) is 12.2 Å². The maximum absolute atomic E-state index is 12.5. The fraction of sp³-hybridized carbons (Fsp3) is 0.929. The number of hydrogen-bond acceptors (Lipinski definition) is 4. The van der Waals surface area contributed by atoms with Crippen LogP contribution in [0.3, 0.4) is 0 Å². The molecule has 1 amide bonds. The standard InChI is InChI=1S/C42H83NO4/c1-3-5-7-9-11-13-15-17-19-21-23-24-26-28-30-32-34-36-40(45)39(38-44)43-42(47)41(46)37-35-33-31-29-27-25-22-20-18-16-14-12-10-8-6-4-2/h18,20,39-41,44-46H,3-17,19,21-38H2,1-2H3,(H,43,47)/b20-18-. The second-order valence-corrected chi connectivity index (χ2v) is 14.6. The van der Waals surface area contributed by atoms with E-state index in [9.17, 15) is 20.1 Å². The predicted molar refractivity (Wildman–Crippen MR) is 204 cm³/mol. The van der Waals surface area contributed by atoms with Crippen molar-refractivity contribution >= 4 is 5.91 Å². The van der Waals surface area contributed by atoms with Gasteiger partial charge in [0.25, 0.3) is 0 Å². The molecule has 0 rings (SSSR count). The molecule has 4 N–H and O–H groups in total. The number of allylic oxidation sites excluding steroid dienone is 2. The minimum absolute atomic E-state index is 0.313. The number of carbonyl (C=O) groups excluding carboxylic acids is 1. The van der Waals surface area contributed by atoms with Crippen molar-refractivity contribution in [3.05, 3.63) is 12.2 Å². The lowest BCUT2D eigenvalue weighted by Gasteiger charge is -2.23. The van der Waals surface area contributed by atoms with Gasteiger partial charge < -0.3 is 20.6 Å². The van der Waals surface area contributed by atoms with Gasteiger partial charge in [0.05, 0.1) is 18.8 Å². The van der Waals surface area contributed by atoms with Gasteiger partial charge >= 0.3 is 0 Å². The van der Waals surface area contributed by atoms with E-state index in [0.29, 0.717) is 12.8 Å². The smallest absolute Gasteiger partial charge is 0.249 e. The molecule has 0 aromatic heterocycles. The van der Waals surface area contributed by atoms with Gasteiger partial charge in [0.2, 0.25) is 5.91 Å². The van der Waals surface area contributed by atoms with E-state index in [1.54, 1.807) is 0 Å². The Hall–Kier alpha value is -0.910. The summed E-state index contributed by atoms with van der Waals surface area (Å²) in [4.78, 5) is 12.5. The molecule has 0 saturated heterocycles. The van der Waals surface area contributed by atoms with Gasteiger partial charge in [0.15, 0.2) is 0 Å². The Morgan fingerprint density at radius 3 is 1.17 bits per heavy atom. The van der Waals surface area contributed by atoms with Crippen LogP contribution < -0.4 is 5.32 Å². The summed E-state index contributed by atoms with van der Waals surface area (Å²) in [6.45, 7) is 4.23. The van der Waals surface area contributed by atoms with Gasteiger partial charge in [-0.3, -0.25) is 4.79 Å². The largest absolute Gasteiger partial charge is 0.394 e. The van der Waals surface area contributed by atoms with Crippen LogP contribution in [0.1, 0.15) is 226 Å². The van der Waals surface area contributed by atoms with E-state index in [2.05, 4.69) is 31.3 Å². The first-order valence-electron chi connectivity index (χ1n) is 21.0. The highest BCUT2D eigenvalue weighted by Gasteiger charge is 2.23. The summed E-state index contributed by atoms with van der Waals surface area (Å²) >= 11 is 0. The summed E-state index contributed by atoms with van der Waals surface area (Å²) < 4.78 is 0. The molecule has 0 aromatic rings. The van der Waals surface area contributed by atoms with Crippen molar-refractivity contribution in [2.45, 2.75) is 244 Å². The van der Waals surface area contributed by atoms with E-state index in [-0.39, 0.29) is 6.61 Å². The van der Waals surface area contributed by atoms with Crippen LogP contribution >= 0.6 is 0 Å². The van der Waals surface area contributed by atoms with E-state index in [0.717, 1.165) is 32.1 Å². The van der Waals surface area contributed by atoms with Gasteiger partial charge in [-0.2, -0.15) is 0 Å². The number of aliphatic hydroxyl groups excluding tert-OH is 3. The first-order chi connectivity index (χ1) is 23.1. The summed E-state index contributed by atoms with van der Waals surface area (Å²) in [5, 5.41) is 33.3. The van der Waals surface area contributed by atoms with Crippen molar-refractivity contribution < 1.29 is 20.1 Å². The SMILES string of the molecule is CCCCCCCC/C=C\CCCCCCCCC(O)C(=O)NC(CO)C(O)CCCCCCCCCCCCCCCCCCC. The molecule has 47 heavy (non-hydrogen) atoms. The number of nitrogens with one attached hydrogen (secondary N) is 1. The molecule has 0 aromatic carbocycles. The molecule has 0 fully saturated rings. The Labute approximate surface area is 293 Å². The molecule has 0 saturated carbocycles. The highest BCUT2D eigenvalue weighted by molar-refractivity contribution is 5.80. The van der Waals surface area contributed by atoms with Crippen molar-refractivity contribution in [2.75, 3.05) is 6.61 Å². The van der Waals surface area contributed by atoms with Gasteiger partial charge in [0.1, 0.15) is 6.10 Å². The van der Waals surface area contributed by atoms with Crippen molar-refractivity contribution in [3.8, 4) is 0 Å². The summed E-state index contributed by atoms with van der Waals surface area (Å²) in [6.07, 6.45) is 43.4. The van der Waals surface area contributed by atoms with Crippen LogP contribution in [-0.2, 0) is 4.79 Å². The fourth-order valence-electron chi connectivity index (χ4n) is 6.54. The van der Waals surface area contributed by atoms with Crippen LogP contribution in [0.4, 0.5) is 0 Å². The molecule has 0 aliphatic carbocycles. The van der Waals surface area contributed by atoms with Crippen LogP contribution in [0, 0.1) is 0 Å². The van der Waals surface area contributed by atoms with E-state index in [4.69, 9.17) is 0 Å². The molecule has 3 unspecified atom stereocenters. The Morgan fingerprint density at radius 2 is 0.809 bits per heavy atom. The lowest BCUT2D eigenvalue weighted by molar-refractivity contribution is -0.131. The van der Waals surface area contributed by atoms with Crippen LogP contribution in [-0.4, -0.2) is 46.1 Å². The molecule has 0 bridgehead atoms. The normalized spacial score (nSPS) is 13.7. The fourth-order valence-corrected chi connectivity index (χ4v) is 6.54. The highest BCUT2D eigenvalue weighted by atomic mass is 16.3. The average Bonchev–Trinajstić information content (AvgIpc) is 3.07. The van der Waals surface area contributed by atoms with E-state index in [1.807, 2.05) is 0 Å². The lowest BCUT2D eigenvalue weighted by atomic mass is 10.0. The number of unbranched alkanes of at least 4 members (excludes halogenated alkanes) is 28. The van der Waals surface area contributed by atoms with Crippen molar-refractivity contribution in [1.82, 2.24) is 5.32 Å². The van der Waals surface area contributed by atoms with Crippen LogP contribution in [0.25, 0.3) is 0 Å². The number of amides is 1. The first kappa shape index (κ1) is 46.1. The Kier molecular flexibility index (Phi) is 37.2. The molecular weight excluding hydrogens is 582 g/mol. The quantitative estimate of drug-likeness (QED) is 0.0390. The predicted octanol–water partition coefficient (Wildman–Crippen LogP) is 11.7. The molecule has 5 nitrogen and oxygen atoms in total. The molecule has 280 valence electrons. The van der Waals surface area contributed by atoms with Crippen LogP contribution in [0.5, 0.6) is 0 Å². The zero-order valence-corrected chi connectivity index (χ0v) is 31.7. The summed E-state index contributed by atoms with van der Waals surface area (Å²) in [5.41, 5.74) is 0. The summed E-state index contributed by atoms with van der Waals surface area (Å²) in [5.74, 6) is -0.474. The third-order valence-corrected chi connectivity index (χ3v) is 9.88. The first-order valence-corrected chi connectivity index (χ1v) is 21.0. The second-order valence-electron chi connectivity index (χ2n) is 14.6. The van der Waals surface area contributed by atoms with Crippen LogP contribution in [0.2, 0.25) is 0 Å². The minimum Gasteiger partial charge on any atom is -0.394 e. The average molecular weight is 666 g/mol. The third kappa shape index (κ3) is 33.4. The van der Waals surface area contributed by atoms with E-state index in [1.165, 1.54) is 167 Å². The molecule has 0 spiro atoms. The summed E-state index contributed by atoms with van der Waals surface area (Å²) in [7, 11) is 0. The molecular formula is C42H83NO4. The topological polar surface area (TPSA) is 89.8 Å². The monoisotopic (exact) mass is 666 g/mol. The Morgan fingerprint density at radius 1 is 0.489 bits per heavy atom. The molecule has 0 aliphatic heterocycles. The molecule has 3 atom stereocenters. The molecule has 5 heteroatoms. The molecule has 0 heterocycles. The van der Waals surface area contributed by atoms with Gasteiger partial charge in [-0.05, 0) is 38.5 Å². The zero-order valence-electron chi connectivity index (χ0n) is 31.7. The van der Waals surface area contributed by atoms with Crippen molar-refractivity contribution in [2.24, 2.45) is 0 Å². The van der Waals surface area contributed by atoms with Gasteiger partial charge in [-0.15, -0.1) is 0 Å². The van der Waals surface area contributed by atoms with Gasteiger partial charge in [-0.1, -0.05) is 199 Å². The Balaban J connectivity index is 3.64. The van der Waals surface area contributed by atoms with Crippen molar-refractivity contribution in [3.63, 3.8) is 0 Å². The zero-order chi connectivity index (χ0) is 34.5. The number of aliphatic hydroxyl groups is 3. The van der Waals surface area contributed by atoms with Crippen molar-refractivity contribution in [1.29, 1.82) is 0 Å². The van der Waals surface area contributed by atoms with Gasteiger partial charge in [-0.25, -0.2) is 0 Å². The lowest BCUT2D eigenvalue weighted by Crippen LogP contribution is -2.49. The Bertz CT molecular complexity index is 655. The maximum atomic E-state index is 12.5. The maximum Gasteiger partial charge on any atom is 0.249 e. The number of rotatable bonds is 38. The third-order valence-electron chi connectivity index (χ3n) is 9.88.